The van der Waals surface area contributed by atoms with Gasteiger partial charge in [0.05, 0.1) is 0 Å². The van der Waals surface area contributed by atoms with Crippen LogP contribution in [0.4, 0.5) is 17.6 Å². The summed E-state index contributed by atoms with van der Waals surface area (Å²) in [6.07, 6.45) is 3.61. The van der Waals surface area contributed by atoms with Crippen molar-refractivity contribution >= 4 is 5.97 Å². The maximum absolute atomic E-state index is 14.3. The van der Waals surface area contributed by atoms with Gasteiger partial charge in [-0.1, -0.05) is 20.8 Å². The van der Waals surface area contributed by atoms with Crippen LogP contribution in [0.15, 0.2) is 0 Å². The molecule has 2 rings (SSSR count). The van der Waals surface area contributed by atoms with Crippen LogP contribution in [-0.4, -0.2) is 11.6 Å². The van der Waals surface area contributed by atoms with Crippen LogP contribution in [0, 0.1) is 23.3 Å². The predicted octanol–water partition coefficient (Wildman–Crippen LogP) is 5.64. The molecule has 2 nitrogen and oxygen atoms in total. The van der Waals surface area contributed by atoms with Crippen molar-refractivity contribution in [2.45, 2.75) is 70.8 Å². The number of hydrogen-bond acceptors (Lipinski definition) is 2. The maximum Gasteiger partial charge on any atom is 0.344 e. The van der Waals surface area contributed by atoms with Crippen molar-refractivity contribution in [2.75, 3.05) is 0 Å². The Hall–Kier alpha value is -1.59. The first-order chi connectivity index (χ1) is 11.3. The Morgan fingerprint density at radius 3 is 1.96 bits per heavy atom. The Morgan fingerprint density at radius 2 is 1.54 bits per heavy atom. The van der Waals surface area contributed by atoms with Gasteiger partial charge in [-0.15, -0.1) is 0 Å². The van der Waals surface area contributed by atoms with E-state index >= 15 is 0 Å². The summed E-state index contributed by atoms with van der Waals surface area (Å²) in [6.45, 7) is 4.91. The summed E-state index contributed by atoms with van der Waals surface area (Å²) < 4.78 is 62.2. The molecule has 0 amide bonds. The van der Waals surface area contributed by atoms with Gasteiger partial charge in [-0.2, -0.15) is 0 Å². The first kappa shape index (κ1) is 18.7. The van der Waals surface area contributed by atoms with Crippen LogP contribution in [0.25, 0.3) is 0 Å². The number of hydrogen-bond donors (Lipinski definition) is 0. The zero-order chi connectivity index (χ0) is 18.1. The van der Waals surface area contributed by atoms with E-state index in [9.17, 15) is 22.4 Å². The summed E-state index contributed by atoms with van der Waals surface area (Å²) >= 11 is 0. The molecule has 0 N–H and O–H groups in total. The number of ether oxygens (including phenoxy) is 1. The smallest absolute Gasteiger partial charge is 0.344 e. The van der Waals surface area contributed by atoms with Gasteiger partial charge in [0.15, 0.2) is 23.3 Å². The number of halogens is 4. The van der Waals surface area contributed by atoms with Crippen LogP contribution in [-0.2, 0) is 4.74 Å². The molecule has 0 heterocycles. The monoisotopic (exact) mass is 346 g/mol. The second kappa shape index (κ2) is 7.11. The van der Waals surface area contributed by atoms with Gasteiger partial charge in [-0.05, 0) is 44.4 Å². The third-order valence-electron chi connectivity index (χ3n) is 5.07. The molecule has 1 atom stereocenters. The van der Waals surface area contributed by atoms with Crippen LogP contribution in [0.5, 0.6) is 0 Å². The summed E-state index contributed by atoms with van der Waals surface area (Å²) in [6, 6.07) is 0. The highest BCUT2D eigenvalue weighted by Crippen LogP contribution is 2.38. The Bertz CT molecular complexity index is 607. The van der Waals surface area contributed by atoms with Gasteiger partial charge < -0.3 is 4.74 Å². The summed E-state index contributed by atoms with van der Waals surface area (Å²) in [5.41, 5.74) is -2.76. The van der Waals surface area contributed by atoms with Gasteiger partial charge in [0.1, 0.15) is 11.2 Å². The SMILES string of the molecule is CCC(C)c1c(F)c(F)c(C(=O)OC2(CC)CCCC2)c(F)c1F. The molecule has 134 valence electrons. The average Bonchev–Trinajstić information content (AvgIpc) is 3.02. The van der Waals surface area contributed by atoms with Crippen molar-refractivity contribution in [3.05, 3.63) is 34.4 Å². The largest absolute Gasteiger partial charge is 0.455 e. The number of rotatable bonds is 5. The zero-order valence-electron chi connectivity index (χ0n) is 14.1. The quantitative estimate of drug-likeness (QED) is 0.392. The fourth-order valence-electron chi connectivity index (χ4n) is 3.26. The standard InChI is InChI=1S/C18H22F4O2/c1-4-10(3)11-13(19)15(21)12(16(22)14(11)20)17(23)24-18(5-2)8-6-7-9-18/h10H,4-9H2,1-3H3. The fourth-order valence-corrected chi connectivity index (χ4v) is 3.26. The molecule has 0 bridgehead atoms. The molecule has 1 aromatic carbocycles. The lowest BCUT2D eigenvalue weighted by molar-refractivity contribution is -0.0183. The molecule has 0 saturated heterocycles. The Morgan fingerprint density at radius 1 is 1.04 bits per heavy atom. The zero-order valence-corrected chi connectivity index (χ0v) is 14.1. The molecule has 0 spiro atoms. The second-order valence-corrected chi connectivity index (χ2v) is 6.49. The van der Waals surface area contributed by atoms with Gasteiger partial charge in [-0.3, -0.25) is 0 Å². The van der Waals surface area contributed by atoms with Crippen molar-refractivity contribution in [1.29, 1.82) is 0 Å². The summed E-state index contributed by atoms with van der Waals surface area (Å²) in [5.74, 6) is -8.46. The molecule has 0 radical (unpaired) electrons. The summed E-state index contributed by atoms with van der Waals surface area (Å²) in [5, 5.41) is 0. The van der Waals surface area contributed by atoms with Gasteiger partial charge >= 0.3 is 5.97 Å². The van der Waals surface area contributed by atoms with Crippen LogP contribution < -0.4 is 0 Å². The number of esters is 1. The molecular formula is C18H22F4O2. The van der Waals surface area contributed by atoms with Crippen molar-refractivity contribution in [3.8, 4) is 0 Å². The second-order valence-electron chi connectivity index (χ2n) is 6.49. The summed E-state index contributed by atoms with van der Waals surface area (Å²) in [7, 11) is 0. The molecule has 1 fully saturated rings. The first-order valence-electron chi connectivity index (χ1n) is 8.37. The Balaban J connectivity index is 2.45. The first-order valence-corrected chi connectivity index (χ1v) is 8.37. The molecule has 0 aromatic heterocycles. The van der Waals surface area contributed by atoms with Gasteiger partial charge in [0, 0.05) is 5.56 Å². The van der Waals surface area contributed by atoms with Crippen molar-refractivity contribution < 1.29 is 27.1 Å². The Kier molecular flexibility index (Phi) is 5.56. The molecule has 1 saturated carbocycles. The van der Waals surface area contributed by atoms with E-state index in [1.807, 2.05) is 0 Å². The van der Waals surface area contributed by atoms with Gasteiger partial charge in [0.2, 0.25) is 0 Å². The van der Waals surface area contributed by atoms with Crippen LogP contribution in [0.2, 0.25) is 0 Å². The maximum atomic E-state index is 14.3. The molecule has 0 aliphatic heterocycles. The highest BCUT2D eigenvalue weighted by molar-refractivity contribution is 5.90. The van der Waals surface area contributed by atoms with E-state index in [4.69, 9.17) is 4.74 Å². The third-order valence-corrected chi connectivity index (χ3v) is 5.07. The van der Waals surface area contributed by atoms with Crippen molar-refractivity contribution in [1.82, 2.24) is 0 Å². The fraction of sp³-hybridized carbons (Fsp3) is 0.611. The van der Waals surface area contributed by atoms with E-state index in [0.717, 1.165) is 12.8 Å². The van der Waals surface area contributed by atoms with E-state index < -0.39 is 51.9 Å². The minimum absolute atomic E-state index is 0.301. The number of carbonyl (C=O) groups excluding carboxylic acids is 1. The van der Waals surface area contributed by atoms with E-state index in [-0.39, 0.29) is 0 Å². The van der Waals surface area contributed by atoms with Gasteiger partial charge in [0.25, 0.3) is 0 Å². The molecule has 1 aliphatic rings. The predicted molar refractivity (Wildman–Crippen MR) is 81.9 cm³/mol. The van der Waals surface area contributed by atoms with Crippen LogP contribution in [0.3, 0.4) is 0 Å². The molecular weight excluding hydrogens is 324 g/mol. The highest BCUT2D eigenvalue weighted by atomic mass is 19.2. The molecule has 1 aromatic rings. The normalized spacial score (nSPS) is 17.8. The van der Waals surface area contributed by atoms with Crippen molar-refractivity contribution in [2.24, 2.45) is 0 Å². The molecule has 1 aliphatic carbocycles. The minimum Gasteiger partial charge on any atom is -0.455 e. The van der Waals surface area contributed by atoms with E-state index in [0.29, 0.717) is 25.7 Å². The lowest BCUT2D eigenvalue weighted by Crippen LogP contribution is -2.32. The third kappa shape index (κ3) is 3.15. The number of carbonyl (C=O) groups is 1. The number of benzene rings is 1. The van der Waals surface area contributed by atoms with Crippen LogP contribution in [0.1, 0.15) is 81.1 Å². The lowest BCUT2D eigenvalue weighted by atomic mass is 9.94. The van der Waals surface area contributed by atoms with E-state index in [2.05, 4.69) is 0 Å². The van der Waals surface area contributed by atoms with E-state index in [1.165, 1.54) is 6.92 Å². The Labute approximate surface area is 139 Å². The van der Waals surface area contributed by atoms with Gasteiger partial charge in [-0.25, -0.2) is 22.4 Å². The highest BCUT2D eigenvalue weighted by Gasteiger charge is 2.39. The molecule has 6 heteroatoms. The van der Waals surface area contributed by atoms with Crippen LogP contribution >= 0.6 is 0 Å². The average molecular weight is 346 g/mol. The molecule has 24 heavy (non-hydrogen) atoms. The molecule has 1 unspecified atom stereocenters. The summed E-state index contributed by atoms with van der Waals surface area (Å²) in [4.78, 5) is 12.2. The topological polar surface area (TPSA) is 26.3 Å². The van der Waals surface area contributed by atoms with Crippen molar-refractivity contribution in [3.63, 3.8) is 0 Å². The van der Waals surface area contributed by atoms with E-state index in [1.54, 1.807) is 13.8 Å². The minimum atomic E-state index is -1.68. The lowest BCUT2D eigenvalue weighted by Gasteiger charge is -2.28.